The maximum absolute atomic E-state index is 9.79. The van der Waals surface area contributed by atoms with Crippen LogP contribution in [0.5, 0.6) is 11.5 Å². The molecule has 2 aliphatic rings. The van der Waals surface area contributed by atoms with Crippen LogP contribution < -0.4 is 16.2 Å². The van der Waals surface area contributed by atoms with E-state index in [0.29, 0.717) is 11.3 Å². The lowest BCUT2D eigenvalue weighted by Crippen LogP contribution is -2.43. The Morgan fingerprint density at radius 3 is 2.50 bits per heavy atom. The van der Waals surface area contributed by atoms with Gasteiger partial charge in [0.15, 0.2) is 0 Å². The fourth-order valence-electron chi connectivity index (χ4n) is 3.33. The van der Waals surface area contributed by atoms with Crippen LogP contribution in [0.25, 0.3) is 0 Å². The number of rotatable bonds is 1. The largest absolute Gasteiger partial charge is 0.508 e. The quantitative estimate of drug-likeness (QED) is 0.700. The van der Waals surface area contributed by atoms with Gasteiger partial charge in [-0.05, 0) is 24.3 Å². The highest BCUT2D eigenvalue weighted by atomic mass is 16.5. The Balaban J connectivity index is 2.25. The second-order valence-corrected chi connectivity index (χ2v) is 5.66. The third-order valence-electron chi connectivity index (χ3n) is 4.39. The molecule has 0 amide bonds. The van der Waals surface area contributed by atoms with Gasteiger partial charge in [0, 0.05) is 23.1 Å². The molecule has 0 aromatic heterocycles. The van der Waals surface area contributed by atoms with E-state index < -0.39 is 23.9 Å². The molecule has 0 radical (unpaired) electrons. The number of benzene rings is 1. The van der Waals surface area contributed by atoms with Crippen LogP contribution in [-0.4, -0.2) is 11.2 Å². The van der Waals surface area contributed by atoms with E-state index in [1.165, 1.54) is 12.1 Å². The number of phenolic OH excluding ortho intramolecular Hbond substituents is 1. The molecule has 5 N–H and O–H groups in total. The van der Waals surface area contributed by atoms with Crippen molar-refractivity contribution in [1.82, 2.24) is 0 Å². The molecule has 24 heavy (non-hydrogen) atoms. The summed E-state index contributed by atoms with van der Waals surface area (Å²) in [5.41, 5.74) is 13.1. The first kappa shape index (κ1) is 15.3. The molecule has 3 atom stereocenters. The zero-order valence-electron chi connectivity index (χ0n) is 12.5. The molecule has 1 aromatic carbocycles. The summed E-state index contributed by atoms with van der Waals surface area (Å²) in [5.74, 6) is -1.82. The minimum Gasteiger partial charge on any atom is -0.508 e. The van der Waals surface area contributed by atoms with Crippen LogP contribution in [-0.2, 0) is 0 Å². The van der Waals surface area contributed by atoms with Crippen LogP contribution in [0.15, 0.2) is 41.2 Å². The molecule has 0 spiro atoms. The highest BCUT2D eigenvalue weighted by Crippen LogP contribution is 2.49. The number of hydrogen-bond donors (Lipinski definition) is 3. The van der Waals surface area contributed by atoms with Crippen molar-refractivity contribution in [2.24, 2.45) is 23.3 Å². The Bertz CT molecular complexity index is 883. The first-order valence-corrected chi connectivity index (χ1v) is 7.18. The maximum atomic E-state index is 9.79. The van der Waals surface area contributed by atoms with Gasteiger partial charge in [-0.3, -0.25) is 0 Å². The molecule has 0 saturated heterocycles. The first-order valence-electron chi connectivity index (χ1n) is 7.18. The lowest BCUT2D eigenvalue weighted by molar-refractivity contribution is 0.139. The van der Waals surface area contributed by atoms with Crippen LogP contribution in [0.4, 0.5) is 0 Å². The van der Waals surface area contributed by atoms with Crippen molar-refractivity contribution in [1.29, 1.82) is 15.8 Å². The summed E-state index contributed by atoms with van der Waals surface area (Å²) in [6, 6.07) is 10.4. The molecule has 3 rings (SSSR count). The number of aromatic hydroxyl groups is 1. The molecule has 1 aromatic rings. The standard InChI is InChI=1S/C17H13N5O2/c18-5-8(6-19)15-10-3-9(23)1-2-13(10)24-14-4-12(21)11(7-20)17(22)16(14)15/h1-4,8,14-16,23H,21-22H2. The van der Waals surface area contributed by atoms with Gasteiger partial charge in [0.1, 0.15) is 29.6 Å². The molecule has 3 unspecified atom stereocenters. The number of allylic oxidation sites excluding steroid dienone is 1. The van der Waals surface area contributed by atoms with E-state index in [9.17, 15) is 20.9 Å². The van der Waals surface area contributed by atoms with Crippen molar-refractivity contribution < 1.29 is 9.84 Å². The monoisotopic (exact) mass is 319 g/mol. The van der Waals surface area contributed by atoms with Crippen molar-refractivity contribution in [2.45, 2.75) is 12.0 Å². The number of nitriles is 3. The lowest BCUT2D eigenvalue weighted by Gasteiger charge is -2.41. The van der Waals surface area contributed by atoms with Gasteiger partial charge in [-0.15, -0.1) is 0 Å². The fourth-order valence-corrected chi connectivity index (χ4v) is 3.33. The zero-order valence-corrected chi connectivity index (χ0v) is 12.5. The van der Waals surface area contributed by atoms with Gasteiger partial charge in [-0.25, -0.2) is 0 Å². The Morgan fingerprint density at radius 1 is 1.17 bits per heavy atom. The SMILES string of the molecule is N#CC1=C(N)C2C(C=C1N)Oc1ccc(O)cc1C2C(C#N)C#N. The van der Waals surface area contributed by atoms with Gasteiger partial charge in [0.2, 0.25) is 0 Å². The molecule has 7 heteroatoms. The van der Waals surface area contributed by atoms with Gasteiger partial charge in [-0.2, -0.15) is 15.8 Å². The van der Waals surface area contributed by atoms with Gasteiger partial charge >= 0.3 is 0 Å². The van der Waals surface area contributed by atoms with Gasteiger partial charge < -0.3 is 21.3 Å². The fraction of sp³-hybridized carbons (Fsp3) is 0.235. The van der Waals surface area contributed by atoms with Crippen LogP contribution in [0.3, 0.4) is 0 Å². The summed E-state index contributed by atoms with van der Waals surface area (Å²) in [4.78, 5) is 0. The Hall–Kier alpha value is -3.63. The average Bonchev–Trinajstić information content (AvgIpc) is 2.56. The van der Waals surface area contributed by atoms with Gasteiger partial charge in [0.25, 0.3) is 0 Å². The van der Waals surface area contributed by atoms with Gasteiger partial charge in [0.05, 0.1) is 23.4 Å². The normalized spacial score (nSPS) is 24.6. The molecule has 1 aliphatic carbocycles. The number of hydrogen-bond acceptors (Lipinski definition) is 7. The summed E-state index contributed by atoms with van der Waals surface area (Å²) in [6.45, 7) is 0. The van der Waals surface area contributed by atoms with E-state index in [1.54, 1.807) is 12.1 Å². The van der Waals surface area contributed by atoms with Crippen molar-refractivity contribution in [3.63, 3.8) is 0 Å². The predicted molar refractivity (Wildman–Crippen MR) is 82.6 cm³/mol. The number of nitrogens with zero attached hydrogens (tertiary/aromatic N) is 3. The van der Waals surface area contributed by atoms with E-state index in [-0.39, 0.29) is 22.7 Å². The summed E-state index contributed by atoms with van der Waals surface area (Å²) < 4.78 is 5.88. The molecular formula is C17H13N5O2. The smallest absolute Gasteiger partial charge is 0.141 e. The third kappa shape index (κ3) is 2.10. The van der Waals surface area contributed by atoms with Crippen LogP contribution in [0.2, 0.25) is 0 Å². The van der Waals surface area contributed by atoms with Crippen molar-refractivity contribution in [2.75, 3.05) is 0 Å². The molecule has 1 aliphatic heterocycles. The van der Waals surface area contributed by atoms with E-state index in [0.717, 1.165) is 0 Å². The minimum absolute atomic E-state index is 0.00986. The number of ether oxygens (including phenoxy) is 1. The summed E-state index contributed by atoms with van der Waals surface area (Å²) in [7, 11) is 0. The highest BCUT2D eigenvalue weighted by Gasteiger charge is 2.46. The van der Waals surface area contributed by atoms with Crippen LogP contribution in [0, 0.1) is 45.8 Å². The number of phenols is 1. The number of nitrogens with two attached hydrogens (primary N) is 2. The maximum Gasteiger partial charge on any atom is 0.141 e. The zero-order chi connectivity index (χ0) is 17.4. The highest BCUT2D eigenvalue weighted by molar-refractivity contribution is 5.54. The van der Waals surface area contributed by atoms with Crippen LogP contribution >= 0.6 is 0 Å². The van der Waals surface area contributed by atoms with E-state index >= 15 is 0 Å². The van der Waals surface area contributed by atoms with Crippen molar-refractivity contribution in [3.05, 3.63) is 46.8 Å². The van der Waals surface area contributed by atoms with Crippen LogP contribution in [0.1, 0.15) is 11.5 Å². The van der Waals surface area contributed by atoms with E-state index in [2.05, 4.69) is 0 Å². The third-order valence-corrected chi connectivity index (χ3v) is 4.39. The Kier molecular flexibility index (Phi) is 3.52. The van der Waals surface area contributed by atoms with Crippen molar-refractivity contribution in [3.8, 4) is 29.7 Å². The summed E-state index contributed by atoms with van der Waals surface area (Å²) in [5, 5.41) is 37.8. The molecular weight excluding hydrogens is 306 g/mol. The van der Waals surface area contributed by atoms with Crippen molar-refractivity contribution >= 4 is 0 Å². The summed E-state index contributed by atoms with van der Waals surface area (Å²) in [6.07, 6.45) is 0.988. The average molecular weight is 319 g/mol. The minimum atomic E-state index is -1.02. The molecule has 0 saturated carbocycles. The topological polar surface area (TPSA) is 153 Å². The Morgan fingerprint density at radius 2 is 1.88 bits per heavy atom. The van der Waals surface area contributed by atoms with Gasteiger partial charge in [-0.1, -0.05) is 0 Å². The number of fused-ring (bicyclic) bond motifs is 2. The lowest BCUT2D eigenvalue weighted by atomic mass is 9.69. The summed E-state index contributed by atoms with van der Waals surface area (Å²) >= 11 is 0. The van der Waals surface area contributed by atoms with E-state index in [4.69, 9.17) is 16.2 Å². The molecule has 0 bridgehead atoms. The molecule has 118 valence electrons. The second kappa shape index (κ2) is 5.53. The molecule has 1 heterocycles. The first-order chi connectivity index (χ1) is 11.5. The second-order valence-electron chi connectivity index (χ2n) is 5.66. The Labute approximate surface area is 138 Å². The molecule has 0 fully saturated rings. The predicted octanol–water partition coefficient (Wildman–Crippen LogP) is 1.11. The molecule has 7 nitrogen and oxygen atoms in total. The van der Waals surface area contributed by atoms with E-state index in [1.807, 2.05) is 18.2 Å².